The average molecular weight is 503 g/mol. The average Bonchev–Trinajstić information content (AvgIpc) is 2.81. The fraction of sp³-hybridized carbons (Fsp3) is 0.762. The standard InChI is InChI=1S/C21H42N8O6/c1-3-12(2)16(20(34)35)29-19(33)15(11-30)28-18(32)14(8-4-5-9-22)27-17(31)13(23)7-6-10-26-21(24)25/h12-16,30H,3-11,22-23H2,1-2H3,(H,27,31)(H,28,32)(H,29,33)(H,34,35)(H4,24,25,26). The third kappa shape index (κ3) is 12.9. The van der Waals surface area contributed by atoms with Crippen molar-refractivity contribution in [1.29, 1.82) is 0 Å². The number of aliphatic imine (C=N–C) groups is 1. The van der Waals surface area contributed by atoms with Crippen LogP contribution in [0.4, 0.5) is 0 Å². The van der Waals surface area contributed by atoms with Gasteiger partial charge in [-0.2, -0.15) is 0 Å². The van der Waals surface area contributed by atoms with Gasteiger partial charge in [0.1, 0.15) is 18.1 Å². The van der Waals surface area contributed by atoms with E-state index in [2.05, 4.69) is 20.9 Å². The first-order valence-corrected chi connectivity index (χ1v) is 11.7. The summed E-state index contributed by atoms with van der Waals surface area (Å²) in [5.74, 6) is -3.80. The van der Waals surface area contributed by atoms with Gasteiger partial charge in [0.25, 0.3) is 0 Å². The van der Waals surface area contributed by atoms with Crippen molar-refractivity contribution in [2.75, 3.05) is 19.7 Å². The summed E-state index contributed by atoms with van der Waals surface area (Å²) >= 11 is 0. The largest absolute Gasteiger partial charge is 0.480 e. The maximum Gasteiger partial charge on any atom is 0.326 e. The summed E-state index contributed by atoms with van der Waals surface area (Å²) in [5.41, 5.74) is 21.9. The molecule has 0 saturated heterocycles. The first kappa shape index (κ1) is 32.0. The molecule has 0 aliphatic rings. The molecule has 0 saturated carbocycles. The van der Waals surface area contributed by atoms with E-state index in [1.165, 1.54) is 0 Å². The number of rotatable bonds is 18. The van der Waals surface area contributed by atoms with Crippen molar-refractivity contribution in [3.63, 3.8) is 0 Å². The molecule has 35 heavy (non-hydrogen) atoms. The zero-order valence-corrected chi connectivity index (χ0v) is 20.5. The van der Waals surface area contributed by atoms with E-state index in [9.17, 15) is 29.4 Å². The Morgan fingerprint density at radius 1 is 0.914 bits per heavy atom. The molecule has 0 radical (unpaired) electrons. The number of nitrogens with two attached hydrogens (primary N) is 4. The van der Waals surface area contributed by atoms with Crippen LogP contribution in [0, 0.1) is 5.92 Å². The van der Waals surface area contributed by atoms with Gasteiger partial charge < -0.3 is 49.1 Å². The van der Waals surface area contributed by atoms with Crippen LogP contribution in [-0.2, 0) is 19.2 Å². The molecule has 0 aliphatic heterocycles. The molecule has 5 atom stereocenters. The minimum Gasteiger partial charge on any atom is -0.480 e. The van der Waals surface area contributed by atoms with Crippen molar-refractivity contribution < 1.29 is 29.4 Å². The number of aliphatic carboxylic acids is 1. The van der Waals surface area contributed by atoms with E-state index in [0.717, 1.165) is 0 Å². The maximum atomic E-state index is 12.9. The Bertz CT molecular complexity index is 716. The van der Waals surface area contributed by atoms with Gasteiger partial charge in [-0.1, -0.05) is 20.3 Å². The van der Waals surface area contributed by atoms with Gasteiger partial charge in [0.05, 0.1) is 12.6 Å². The lowest BCUT2D eigenvalue weighted by Gasteiger charge is -2.25. The molecule has 0 rings (SSSR count). The van der Waals surface area contributed by atoms with Crippen LogP contribution in [-0.4, -0.2) is 83.7 Å². The highest BCUT2D eigenvalue weighted by molar-refractivity contribution is 5.94. The fourth-order valence-electron chi connectivity index (χ4n) is 3.09. The predicted molar refractivity (Wildman–Crippen MR) is 131 cm³/mol. The van der Waals surface area contributed by atoms with Crippen LogP contribution in [0.2, 0.25) is 0 Å². The topological polar surface area (TPSA) is 261 Å². The van der Waals surface area contributed by atoms with Gasteiger partial charge in [-0.05, 0) is 44.6 Å². The number of guanidine groups is 1. The van der Waals surface area contributed by atoms with E-state index >= 15 is 0 Å². The van der Waals surface area contributed by atoms with Gasteiger partial charge >= 0.3 is 5.97 Å². The number of aliphatic hydroxyl groups excluding tert-OH is 1. The van der Waals surface area contributed by atoms with Crippen LogP contribution in [0.15, 0.2) is 4.99 Å². The molecule has 0 fully saturated rings. The highest BCUT2D eigenvalue weighted by Gasteiger charge is 2.31. The Hall–Kier alpha value is -2.97. The van der Waals surface area contributed by atoms with E-state index in [1.807, 2.05) is 0 Å². The van der Waals surface area contributed by atoms with E-state index in [-0.39, 0.29) is 24.7 Å². The van der Waals surface area contributed by atoms with Crippen LogP contribution in [0.1, 0.15) is 52.4 Å². The SMILES string of the molecule is CCC(C)C(NC(=O)C(CO)NC(=O)C(CCCCN)NC(=O)C(N)CCCN=C(N)N)C(=O)O. The van der Waals surface area contributed by atoms with E-state index in [1.54, 1.807) is 13.8 Å². The van der Waals surface area contributed by atoms with Gasteiger partial charge in [0.15, 0.2) is 5.96 Å². The van der Waals surface area contributed by atoms with E-state index in [4.69, 9.17) is 22.9 Å². The number of aliphatic hydroxyl groups is 1. The summed E-state index contributed by atoms with van der Waals surface area (Å²) < 4.78 is 0. The number of carbonyl (C=O) groups is 4. The van der Waals surface area contributed by atoms with E-state index < -0.39 is 54.5 Å². The lowest BCUT2D eigenvalue weighted by Crippen LogP contribution is -2.58. The molecule has 0 aromatic rings. The van der Waals surface area contributed by atoms with Gasteiger partial charge in [-0.25, -0.2) is 4.79 Å². The van der Waals surface area contributed by atoms with Crippen LogP contribution >= 0.6 is 0 Å². The zero-order chi connectivity index (χ0) is 27.0. The minimum absolute atomic E-state index is 0.0686. The molecule has 0 heterocycles. The smallest absolute Gasteiger partial charge is 0.326 e. The molecule has 0 aromatic carbocycles. The molecule has 0 bridgehead atoms. The molecular weight excluding hydrogens is 460 g/mol. The lowest BCUT2D eigenvalue weighted by atomic mass is 9.99. The van der Waals surface area contributed by atoms with Crippen molar-refractivity contribution in [3.05, 3.63) is 0 Å². The highest BCUT2D eigenvalue weighted by atomic mass is 16.4. The van der Waals surface area contributed by atoms with Crippen molar-refractivity contribution in [2.45, 2.75) is 76.5 Å². The second-order valence-corrected chi connectivity index (χ2v) is 8.35. The maximum absolute atomic E-state index is 12.9. The molecular formula is C21H42N8O6. The van der Waals surface area contributed by atoms with Gasteiger partial charge in [-0.3, -0.25) is 19.4 Å². The predicted octanol–water partition coefficient (Wildman–Crippen LogP) is -2.93. The highest BCUT2D eigenvalue weighted by Crippen LogP contribution is 2.09. The van der Waals surface area contributed by atoms with Crippen molar-refractivity contribution in [1.82, 2.24) is 16.0 Å². The van der Waals surface area contributed by atoms with Crippen LogP contribution in [0.25, 0.3) is 0 Å². The Morgan fingerprint density at radius 3 is 2.03 bits per heavy atom. The molecule has 14 heteroatoms. The third-order valence-corrected chi connectivity index (χ3v) is 5.48. The van der Waals surface area contributed by atoms with Gasteiger partial charge in [-0.15, -0.1) is 0 Å². The second kappa shape index (κ2) is 17.5. The Labute approximate surface area is 205 Å². The molecule has 0 aromatic heterocycles. The number of carboxylic acids is 1. The molecule has 202 valence electrons. The summed E-state index contributed by atoms with van der Waals surface area (Å²) in [5, 5.41) is 26.3. The van der Waals surface area contributed by atoms with Crippen LogP contribution < -0.4 is 38.9 Å². The van der Waals surface area contributed by atoms with Crippen molar-refractivity contribution >= 4 is 29.7 Å². The van der Waals surface area contributed by atoms with Crippen LogP contribution in [0.3, 0.4) is 0 Å². The molecule has 13 N–H and O–H groups in total. The quantitative estimate of drug-likeness (QED) is 0.0523. The number of nitrogens with one attached hydrogen (secondary N) is 3. The summed E-state index contributed by atoms with van der Waals surface area (Å²) in [7, 11) is 0. The van der Waals surface area contributed by atoms with E-state index in [0.29, 0.717) is 38.8 Å². The number of hydrogen-bond acceptors (Lipinski definition) is 8. The van der Waals surface area contributed by atoms with Gasteiger partial charge in [0, 0.05) is 6.54 Å². The molecule has 5 unspecified atom stereocenters. The number of amides is 3. The van der Waals surface area contributed by atoms with Gasteiger partial charge in [0.2, 0.25) is 17.7 Å². The molecule has 0 aliphatic carbocycles. The number of carboxylic acid groups (broad SMARTS) is 1. The molecule has 14 nitrogen and oxygen atoms in total. The fourth-order valence-corrected chi connectivity index (χ4v) is 3.09. The lowest BCUT2D eigenvalue weighted by molar-refractivity contribution is -0.144. The third-order valence-electron chi connectivity index (χ3n) is 5.48. The van der Waals surface area contributed by atoms with Crippen LogP contribution in [0.5, 0.6) is 0 Å². The Kier molecular flexibility index (Phi) is 16.0. The summed E-state index contributed by atoms with van der Waals surface area (Å²) in [6, 6.07) is -4.55. The summed E-state index contributed by atoms with van der Waals surface area (Å²) in [6.07, 6.45) is 2.55. The van der Waals surface area contributed by atoms with Crippen molar-refractivity contribution in [2.24, 2.45) is 33.8 Å². The number of carbonyl (C=O) groups excluding carboxylic acids is 3. The summed E-state index contributed by atoms with van der Waals surface area (Å²) in [4.78, 5) is 53.2. The monoisotopic (exact) mass is 502 g/mol. The zero-order valence-electron chi connectivity index (χ0n) is 20.5. The number of unbranched alkanes of at least 4 members (excludes halogenated alkanes) is 1. The first-order valence-electron chi connectivity index (χ1n) is 11.7. The molecule has 0 spiro atoms. The minimum atomic E-state index is -1.41. The van der Waals surface area contributed by atoms with Crippen molar-refractivity contribution in [3.8, 4) is 0 Å². The number of nitrogens with zero attached hydrogens (tertiary/aromatic N) is 1. The Balaban J connectivity index is 5.22. The summed E-state index contributed by atoms with van der Waals surface area (Å²) in [6.45, 7) is 3.36. The first-order chi connectivity index (χ1) is 16.5. The number of hydrogen-bond donors (Lipinski definition) is 9. The normalized spacial score (nSPS) is 15.1. The molecule has 3 amide bonds. The second-order valence-electron chi connectivity index (χ2n) is 8.35. The Morgan fingerprint density at radius 2 is 1.51 bits per heavy atom.